The number of primary amides is 1. The molecule has 2 amide bonds. The van der Waals surface area contributed by atoms with Crippen LogP contribution in [-0.2, 0) is 0 Å². The Morgan fingerprint density at radius 2 is 1.83 bits per heavy atom. The molecule has 3 N–H and O–H groups in total. The van der Waals surface area contributed by atoms with Crippen molar-refractivity contribution in [2.75, 3.05) is 11.9 Å². The van der Waals surface area contributed by atoms with Crippen LogP contribution in [0.1, 0.15) is 20.7 Å². The first-order valence-electron chi connectivity index (χ1n) is 6.62. The molecule has 0 atom stereocenters. The predicted octanol–water partition coefficient (Wildman–Crippen LogP) is 2.37. The number of nitrogens with two attached hydrogens (primary N) is 1. The minimum absolute atomic E-state index is 0.152. The summed E-state index contributed by atoms with van der Waals surface area (Å²) >= 11 is 0. The van der Waals surface area contributed by atoms with Crippen LogP contribution >= 0.6 is 0 Å². The van der Waals surface area contributed by atoms with Gasteiger partial charge < -0.3 is 15.8 Å². The molecular formula is C15H12F3N3O3. The monoisotopic (exact) mass is 339 g/mol. The van der Waals surface area contributed by atoms with E-state index in [4.69, 9.17) is 5.73 Å². The van der Waals surface area contributed by atoms with E-state index in [-0.39, 0.29) is 11.1 Å². The third-order valence-electron chi connectivity index (χ3n) is 2.82. The molecule has 0 aliphatic heterocycles. The minimum Gasteiger partial charge on any atom is -0.467 e. The first-order valence-corrected chi connectivity index (χ1v) is 6.62. The number of benzene rings is 1. The highest BCUT2D eigenvalue weighted by Gasteiger charge is 2.29. The summed E-state index contributed by atoms with van der Waals surface area (Å²) in [4.78, 5) is 26.8. The van der Waals surface area contributed by atoms with E-state index in [1.165, 1.54) is 42.6 Å². The van der Waals surface area contributed by atoms with E-state index in [0.717, 1.165) is 0 Å². The number of carbonyl (C=O) groups is 2. The van der Waals surface area contributed by atoms with Gasteiger partial charge in [-0.25, -0.2) is 4.98 Å². The molecule has 24 heavy (non-hydrogen) atoms. The highest BCUT2D eigenvalue weighted by Crippen LogP contribution is 2.21. The Balaban J connectivity index is 2.13. The lowest BCUT2D eigenvalue weighted by atomic mass is 10.2. The molecule has 2 aromatic rings. The zero-order valence-electron chi connectivity index (χ0n) is 12.1. The highest BCUT2D eigenvalue weighted by molar-refractivity contribution is 6.06. The van der Waals surface area contributed by atoms with Crippen LogP contribution in [0.5, 0.6) is 5.88 Å². The van der Waals surface area contributed by atoms with Crippen molar-refractivity contribution >= 4 is 17.5 Å². The Labute approximate surface area is 134 Å². The van der Waals surface area contributed by atoms with Crippen molar-refractivity contribution in [3.05, 3.63) is 53.7 Å². The van der Waals surface area contributed by atoms with Crippen molar-refractivity contribution in [3.63, 3.8) is 0 Å². The number of nitrogens with zero attached hydrogens (tertiary/aromatic N) is 1. The summed E-state index contributed by atoms with van der Waals surface area (Å²) in [5.41, 5.74) is 5.53. The molecule has 0 unspecified atom stereocenters. The predicted molar refractivity (Wildman–Crippen MR) is 78.7 cm³/mol. The van der Waals surface area contributed by atoms with Gasteiger partial charge in [0.2, 0.25) is 11.8 Å². The van der Waals surface area contributed by atoms with E-state index in [9.17, 15) is 22.8 Å². The molecule has 1 aromatic heterocycles. The van der Waals surface area contributed by atoms with E-state index >= 15 is 0 Å². The third kappa shape index (κ3) is 4.70. The Morgan fingerprint density at radius 3 is 2.42 bits per heavy atom. The van der Waals surface area contributed by atoms with Crippen molar-refractivity contribution < 1.29 is 27.5 Å². The number of carbonyl (C=O) groups excluding carboxylic acids is 2. The molecule has 126 valence electrons. The fraction of sp³-hybridized carbons (Fsp3) is 0.133. The van der Waals surface area contributed by atoms with Gasteiger partial charge in [-0.05, 0) is 36.4 Å². The van der Waals surface area contributed by atoms with Crippen molar-refractivity contribution in [3.8, 4) is 5.88 Å². The van der Waals surface area contributed by atoms with Gasteiger partial charge in [0, 0.05) is 17.4 Å². The van der Waals surface area contributed by atoms with E-state index in [1.807, 2.05) is 0 Å². The summed E-state index contributed by atoms with van der Waals surface area (Å²) in [5.74, 6) is -1.75. The van der Waals surface area contributed by atoms with Crippen molar-refractivity contribution in [2.45, 2.75) is 6.18 Å². The summed E-state index contributed by atoms with van der Waals surface area (Å²) in [6.45, 7) is -1.56. The topological polar surface area (TPSA) is 94.3 Å². The average Bonchev–Trinajstić information content (AvgIpc) is 2.53. The fourth-order valence-electron chi connectivity index (χ4n) is 1.75. The van der Waals surface area contributed by atoms with Crippen LogP contribution < -0.4 is 15.8 Å². The zero-order valence-corrected chi connectivity index (χ0v) is 12.1. The van der Waals surface area contributed by atoms with Crippen LogP contribution in [0.15, 0.2) is 42.6 Å². The molecule has 2 rings (SSSR count). The van der Waals surface area contributed by atoms with Gasteiger partial charge in [-0.3, -0.25) is 9.59 Å². The van der Waals surface area contributed by atoms with Gasteiger partial charge in [0.15, 0.2) is 6.61 Å². The number of anilines is 1. The molecule has 0 radical (unpaired) electrons. The molecule has 9 heteroatoms. The van der Waals surface area contributed by atoms with Crippen molar-refractivity contribution in [2.24, 2.45) is 5.73 Å². The van der Waals surface area contributed by atoms with Gasteiger partial charge >= 0.3 is 6.18 Å². The second-order valence-corrected chi connectivity index (χ2v) is 4.66. The SMILES string of the molecule is NC(=O)c1ccc(NC(=O)c2cccnc2OCC(F)(F)F)cc1. The van der Waals surface area contributed by atoms with E-state index in [2.05, 4.69) is 15.0 Å². The highest BCUT2D eigenvalue weighted by atomic mass is 19.4. The molecule has 1 aromatic carbocycles. The normalized spacial score (nSPS) is 11.0. The molecule has 0 saturated carbocycles. The average molecular weight is 339 g/mol. The molecule has 0 aliphatic rings. The Kier molecular flexibility index (Phi) is 5.02. The number of ether oxygens (including phenoxy) is 1. The van der Waals surface area contributed by atoms with E-state index < -0.39 is 30.5 Å². The Hall–Kier alpha value is -3.10. The van der Waals surface area contributed by atoms with Gasteiger partial charge in [-0.1, -0.05) is 0 Å². The molecule has 0 fully saturated rings. The lowest BCUT2D eigenvalue weighted by molar-refractivity contribution is -0.154. The number of pyridine rings is 1. The summed E-state index contributed by atoms with van der Waals surface area (Å²) in [6.07, 6.45) is -3.33. The van der Waals surface area contributed by atoms with Crippen molar-refractivity contribution in [1.82, 2.24) is 4.98 Å². The number of hydrogen-bond acceptors (Lipinski definition) is 4. The van der Waals surface area contributed by atoms with Crippen LogP contribution in [0, 0.1) is 0 Å². The number of aromatic nitrogens is 1. The lowest BCUT2D eigenvalue weighted by Crippen LogP contribution is -2.22. The van der Waals surface area contributed by atoms with Gasteiger partial charge in [0.25, 0.3) is 5.91 Å². The smallest absolute Gasteiger partial charge is 0.422 e. The summed E-state index contributed by atoms with van der Waals surface area (Å²) in [6, 6.07) is 8.36. The maximum Gasteiger partial charge on any atom is 0.422 e. The van der Waals surface area contributed by atoms with Crippen LogP contribution in [0.4, 0.5) is 18.9 Å². The molecule has 0 bridgehead atoms. The first kappa shape index (κ1) is 17.3. The number of alkyl halides is 3. The quantitative estimate of drug-likeness (QED) is 0.874. The minimum atomic E-state index is -4.55. The number of rotatable bonds is 5. The number of halogens is 3. The molecule has 6 nitrogen and oxygen atoms in total. The van der Waals surface area contributed by atoms with E-state index in [0.29, 0.717) is 5.69 Å². The van der Waals surface area contributed by atoms with Crippen LogP contribution in [0.3, 0.4) is 0 Å². The zero-order chi connectivity index (χ0) is 17.7. The van der Waals surface area contributed by atoms with Gasteiger partial charge in [0.05, 0.1) is 0 Å². The van der Waals surface area contributed by atoms with Gasteiger partial charge in [-0.15, -0.1) is 0 Å². The fourth-order valence-corrected chi connectivity index (χ4v) is 1.75. The van der Waals surface area contributed by atoms with Gasteiger partial charge in [-0.2, -0.15) is 13.2 Å². The molecular weight excluding hydrogens is 327 g/mol. The maximum absolute atomic E-state index is 12.2. The largest absolute Gasteiger partial charge is 0.467 e. The Morgan fingerprint density at radius 1 is 1.17 bits per heavy atom. The maximum atomic E-state index is 12.2. The van der Waals surface area contributed by atoms with E-state index in [1.54, 1.807) is 0 Å². The number of amides is 2. The second-order valence-electron chi connectivity index (χ2n) is 4.66. The molecule has 1 heterocycles. The summed E-state index contributed by atoms with van der Waals surface area (Å²) < 4.78 is 41.3. The molecule has 0 spiro atoms. The first-order chi connectivity index (χ1) is 11.3. The summed E-state index contributed by atoms with van der Waals surface area (Å²) in [7, 11) is 0. The molecule has 0 saturated heterocycles. The lowest BCUT2D eigenvalue weighted by Gasteiger charge is -2.12. The Bertz CT molecular complexity index is 746. The molecule has 0 aliphatic carbocycles. The van der Waals surface area contributed by atoms with Crippen LogP contribution in [0.2, 0.25) is 0 Å². The standard InChI is InChI=1S/C15H12F3N3O3/c16-15(17,18)8-24-14-11(2-1-7-20-14)13(23)21-10-5-3-9(4-6-10)12(19)22/h1-7H,8H2,(H2,19,22)(H,21,23). The van der Waals surface area contributed by atoms with Gasteiger partial charge in [0.1, 0.15) is 5.56 Å². The third-order valence-corrected chi connectivity index (χ3v) is 2.82. The second kappa shape index (κ2) is 6.99. The van der Waals surface area contributed by atoms with Crippen LogP contribution in [-0.4, -0.2) is 29.6 Å². The van der Waals surface area contributed by atoms with Crippen LogP contribution in [0.25, 0.3) is 0 Å². The number of hydrogen-bond donors (Lipinski definition) is 2. The number of nitrogens with one attached hydrogen (secondary N) is 1. The summed E-state index contributed by atoms with van der Waals surface area (Å²) in [5, 5.41) is 2.47. The van der Waals surface area contributed by atoms with Crippen molar-refractivity contribution in [1.29, 1.82) is 0 Å².